The number of piperidine rings is 1. The molecule has 0 radical (unpaired) electrons. The van der Waals surface area contributed by atoms with Gasteiger partial charge in [-0.25, -0.2) is 9.50 Å². The quantitative estimate of drug-likeness (QED) is 0.491. The van der Waals surface area contributed by atoms with E-state index in [1.165, 1.54) is 10.9 Å². The van der Waals surface area contributed by atoms with Crippen molar-refractivity contribution in [1.82, 2.24) is 24.5 Å². The molecule has 1 amide bonds. The molecule has 3 aromatic heterocycles. The number of ether oxygens (including phenoxy) is 1. The van der Waals surface area contributed by atoms with Crippen molar-refractivity contribution in [2.24, 2.45) is 0 Å². The zero-order valence-corrected chi connectivity index (χ0v) is 19.8. The molecule has 1 saturated heterocycles. The molecule has 1 aliphatic rings. The zero-order valence-electron chi connectivity index (χ0n) is 19.8. The molecule has 0 atom stereocenters. The summed E-state index contributed by atoms with van der Waals surface area (Å²) in [7, 11) is 1.70. The fourth-order valence-corrected chi connectivity index (χ4v) is 5.22. The van der Waals surface area contributed by atoms with Gasteiger partial charge in [0.05, 0.1) is 12.8 Å². The Morgan fingerprint density at radius 2 is 1.97 bits per heavy atom. The van der Waals surface area contributed by atoms with Crippen LogP contribution in [0.2, 0.25) is 0 Å². The Kier molecular flexibility index (Phi) is 5.56. The number of amides is 1. The molecule has 1 fully saturated rings. The molecule has 1 aliphatic heterocycles. The summed E-state index contributed by atoms with van der Waals surface area (Å²) in [5.41, 5.74) is 7.48. The molecule has 4 heterocycles. The lowest BCUT2D eigenvalue weighted by Gasteiger charge is -2.32. The molecular weight excluding hydrogens is 414 g/mol. The van der Waals surface area contributed by atoms with E-state index in [9.17, 15) is 4.79 Å². The van der Waals surface area contributed by atoms with Gasteiger partial charge in [0.15, 0.2) is 5.65 Å². The molecule has 0 bridgehead atoms. The number of fused-ring (bicyclic) bond motifs is 2. The number of benzene rings is 1. The maximum absolute atomic E-state index is 13.0. The highest BCUT2D eigenvalue weighted by Gasteiger charge is 2.26. The van der Waals surface area contributed by atoms with Crippen molar-refractivity contribution in [3.05, 3.63) is 58.7 Å². The molecule has 0 spiro atoms. The molecule has 0 aliphatic carbocycles. The van der Waals surface area contributed by atoms with Crippen molar-refractivity contribution in [3.8, 4) is 5.75 Å². The van der Waals surface area contributed by atoms with Gasteiger partial charge in [-0.3, -0.25) is 4.79 Å². The van der Waals surface area contributed by atoms with E-state index in [1.807, 2.05) is 35.4 Å². The van der Waals surface area contributed by atoms with Crippen LogP contribution in [-0.4, -0.2) is 50.6 Å². The lowest BCUT2D eigenvalue weighted by atomic mass is 9.89. The van der Waals surface area contributed by atoms with Crippen LogP contribution in [0.3, 0.4) is 0 Å². The first kappa shape index (κ1) is 21.5. The van der Waals surface area contributed by atoms with E-state index in [0.29, 0.717) is 18.8 Å². The Morgan fingerprint density at radius 3 is 2.73 bits per heavy atom. The van der Waals surface area contributed by atoms with E-state index in [4.69, 9.17) is 4.74 Å². The number of carbonyl (C=O) groups is 1. The van der Waals surface area contributed by atoms with Gasteiger partial charge >= 0.3 is 0 Å². The van der Waals surface area contributed by atoms with E-state index in [2.05, 4.69) is 40.3 Å². The number of aromatic nitrogens is 4. The first-order valence-electron chi connectivity index (χ1n) is 11.7. The van der Waals surface area contributed by atoms with Crippen molar-refractivity contribution in [2.75, 3.05) is 20.2 Å². The minimum Gasteiger partial charge on any atom is -0.497 e. The number of methoxy groups -OCH3 is 1. The molecule has 1 N–H and O–H groups in total. The summed E-state index contributed by atoms with van der Waals surface area (Å²) < 4.78 is 7.30. The second-order valence-corrected chi connectivity index (χ2v) is 9.13. The Hall–Kier alpha value is -3.35. The SMILES string of the molecule is COc1ccc2[nH]cc(C3CCN(C(=O)CCc4c(C)nc5cc(C)nn5c4C)CC3)c2c1. The largest absolute Gasteiger partial charge is 0.497 e. The number of carbonyl (C=O) groups excluding carboxylic acids is 1. The Morgan fingerprint density at radius 1 is 1.18 bits per heavy atom. The highest BCUT2D eigenvalue weighted by atomic mass is 16.5. The molecular formula is C26H31N5O2. The maximum atomic E-state index is 13.0. The summed E-state index contributed by atoms with van der Waals surface area (Å²) in [4.78, 5) is 23.1. The van der Waals surface area contributed by atoms with Gasteiger partial charge < -0.3 is 14.6 Å². The Balaban J connectivity index is 1.23. The van der Waals surface area contributed by atoms with Crippen molar-refractivity contribution < 1.29 is 9.53 Å². The van der Waals surface area contributed by atoms with Crippen LogP contribution in [0.25, 0.3) is 16.6 Å². The van der Waals surface area contributed by atoms with Crippen molar-refractivity contribution in [1.29, 1.82) is 0 Å². The summed E-state index contributed by atoms with van der Waals surface area (Å²) >= 11 is 0. The highest BCUT2D eigenvalue weighted by Crippen LogP contribution is 2.35. The van der Waals surface area contributed by atoms with Crippen LogP contribution in [0.15, 0.2) is 30.5 Å². The molecule has 5 rings (SSSR count). The maximum Gasteiger partial charge on any atom is 0.222 e. The lowest BCUT2D eigenvalue weighted by Crippen LogP contribution is -2.38. The average Bonchev–Trinajstić information content (AvgIpc) is 3.41. The third-order valence-electron chi connectivity index (χ3n) is 7.08. The van der Waals surface area contributed by atoms with Crippen LogP contribution in [0, 0.1) is 20.8 Å². The second kappa shape index (κ2) is 8.54. The van der Waals surface area contributed by atoms with E-state index in [0.717, 1.165) is 65.5 Å². The fourth-order valence-electron chi connectivity index (χ4n) is 5.22. The third kappa shape index (κ3) is 3.96. The number of nitrogens with one attached hydrogen (secondary N) is 1. The number of H-pyrrole nitrogens is 1. The lowest BCUT2D eigenvalue weighted by molar-refractivity contribution is -0.132. The van der Waals surface area contributed by atoms with Gasteiger partial charge in [-0.2, -0.15) is 5.10 Å². The van der Waals surface area contributed by atoms with Gasteiger partial charge in [-0.05, 0) is 75.3 Å². The standard InChI is InChI=1S/C26H31N5O2/c1-16-13-25-28-17(2)21(18(3)31(25)29-16)6-8-26(32)30-11-9-19(10-12-30)23-15-27-24-7-5-20(33-4)14-22(23)24/h5,7,13-15,19,27H,6,8-12H2,1-4H3. The van der Waals surface area contributed by atoms with Crippen LogP contribution in [0.4, 0.5) is 0 Å². The van der Waals surface area contributed by atoms with E-state index in [1.54, 1.807) is 7.11 Å². The molecule has 7 heteroatoms. The topological polar surface area (TPSA) is 75.5 Å². The number of hydrogen-bond acceptors (Lipinski definition) is 4. The van der Waals surface area contributed by atoms with Gasteiger partial charge in [0.25, 0.3) is 0 Å². The first-order valence-corrected chi connectivity index (χ1v) is 11.7. The number of nitrogens with zero attached hydrogens (tertiary/aromatic N) is 4. The van der Waals surface area contributed by atoms with E-state index < -0.39 is 0 Å². The summed E-state index contributed by atoms with van der Waals surface area (Å²) in [5.74, 6) is 1.55. The molecule has 7 nitrogen and oxygen atoms in total. The molecule has 172 valence electrons. The van der Waals surface area contributed by atoms with E-state index in [-0.39, 0.29) is 5.91 Å². The number of aryl methyl sites for hydroxylation is 3. The summed E-state index contributed by atoms with van der Waals surface area (Å²) in [5, 5.41) is 5.77. The average molecular weight is 446 g/mol. The molecule has 33 heavy (non-hydrogen) atoms. The first-order chi connectivity index (χ1) is 15.9. The van der Waals surface area contributed by atoms with Crippen molar-refractivity contribution in [2.45, 2.75) is 52.4 Å². The second-order valence-electron chi connectivity index (χ2n) is 9.13. The van der Waals surface area contributed by atoms with Gasteiger partial charge in [-0.15, -0.1) is 0 Å². The van der Waals surface area contributed by atoms with Crippen LogP contribution in [0.1, 0.15) is 53.4 Å². The normalized spacial score (nSPS) is 15.0. The summed E-state index contributed by atoms with van der Waals surface area (Å²) in [6, 6.07) is 8.14. The minimum absolute atomic E-state index is 0.226. The van der Waals surface area contributed by atoms with Crippen molar-refractivity contribution in [3.63, 3.8) is 0 Å². The van der Waals surface area contributed by atoms with Crippen molar-refractivity contribution >= 4 is 22.5 Å². The van der Waals surface area contributed by atoms with Gasteiger partial charge in [-0.1, -0.05) is 0 Å². The summed E-state index contributed by atoms with van der Waals surface area (Å²) in [6.45, 7) is 7.66. The monoisotopic (exact) mass is 445 g/mol. The van der Waals surface area contributed by atoms with Crippen LogP contribution < -0.4 is 4.74 Å². The zero-order chi connectivity index (χ0) is 23.1. The Labute approximate surface area is 193 Å². The molecule has 0 unspecified atom stereocenters. The Bertz CT molecular complexity index is 1330. The third-order valence-corrected chi connectivity index (χ3v) is 7.08. The number of hydrogen-bond donors (Lipinski definition) is 1. The molecule has 4 aromatic rings. The summed E-state index contributed by atoms with van der Waals surface area (Å²) in [6.07, 6.45) is 5.28. The van der Waals surface area contributed by atoms with Crippen LogP contribution in [0.5, 0.6) is 5.75 Å². The smallest absolute Gasteiger partial charge is 0.222 e. The van der Waals surface area contributed by atoms with Crippen LogP contribution in [-0.2, 0) is 11.2 Å². The predicted molar refractivity (Wildman–Crippen MR) is 129 cm³/mol. The minimum atomic E-state index is 0.226. The van der Waals surface area contributed by atoms with Gasteiger partial charge in [0.2, 0.25) is 5.91 Å². The van der Waals surface area contributed by atoms with Gasteiger partial charge in [0, 0.05) is 54.1 Å². The molecule has 1 aromatic carbocycles. The van der Waals surface area contributed by atoms with Crippen LogP contribution >= 0.6 is 0 Å². The van der Waals surface area contributed by atoms with E-state index >= 15 is 0 Å². The fraction of sp³-hybridized carbons (Fsp3) is 0.423. The predicted octanol–water partition coefficient (Wildman–Crippen LogP) is 4.48. The van der Waals surface area contributed by atoms with Gasteiger partial charge in [0.1, 0.15) is 5.75 Å². The number of likely N-dealkylation sites (tertiary alicyclic amines) is 1. The highest BCUT2D eigenvalue weighted by molar-refractivity contribution is 5.85. The number of rotatable bonds is 5. The number of aromatic amines is 1. The molecule has 0 saturated carbocycles.